The average molecular weight is 984 g/mol. The number of esters is 2. The molecule has 0 aliphatic carbocycles. The molecule has 0 radical (unpaired) electrons. The normalized spacial score (nSPS) is 13.3. The van der Waals surface area contributed by atoms with E-state index < -0.39 is 24.3 Å². The van der Waals surface area contributed by atoms with Crippen molar-refractivity contribution in [3.05, 3.63) is 72.9 Å². The maximum Gasteiger partial charge on any atom is 0.361 e. The standard InChI is InChI=1S/C61H107NO8/c1-6-8-10-12-14-16-18-20-22-24-25-26-27-28-29-30-31-32-33-34-35-36-38-40-42-44-46-48-50-52-59(64)70-57(56-69-61(60(65)66)67-54-53-62(3,4)5)55-68-58(63)51-49-47-45-43-41-39-37-23-21-19-17-15-13-11-9-7-2/h8,10,14,16-17,19-20,22-23,25-26,37,57,61H,6-7,9,11-13,15,18,21,24,27-36,38-56H2,1-5H3/p+1/b10-8-,16-14-,19-17-,22-20-,26-25-,37-23-. The highest BCUT2D eigenvalue weighted by Crippen LogP contribution is 2.16. The molecule has 0 rings (SSSR count). The van der Waals surface area contributed by atoms with E-state index in [-0.39, 0.29) is 38.6 Å². The first-order valence-electron chi connectivity index (χ1n) is 28.6. The van der Waals surface area contributed by atoms with Gasteiger partial charge in [-0.15, -0.1) is 0 Å². The molecule has 0 heterocycles. The van der Waals surface area contributed by atoms with Crippen molar-refractivity contribution in [2.45, 2.75) is 251 Å². The lowest BCUT2D eigenvalue weighted by Gasteiger charge is -2.25. The van der Waals surface area contributed by atoms with Crippen LogP contribution >= 0.6 is 0 Å². The maximum absolute atomic E-state index is 12.9. The van der Waals surface area contributed by atoms with E-state index in [0.717, 1.165) is 89.9 Å². The molecule has 0 aromatic heterocycles. The third-order valence-electron chi connectivity index (χ3n) is 12.2. The van der Waals surface area contributed by atoms with Crippen LogP contribution in [0.25, 0.3) is 0 Å². The van der Waals surface area contributed by atoms with Crippen LogP contribution in [0.2, 0.25) is 0 Å². The Bertz CT molecular complexity index is 1380. The zero-order valence-corrected chi connectivity index (χ0v) is 45.9. The highest BCUT2D eigenvalue weighted by Gasteiger charge is 2.25. The van der Waals surface area contributed by atoms with Gasteiger partial charge in [-0.25, -0.2) is 4.79 Å². The van der Waals surface area contributed by atoms with Crippen LogP contribution in [0.4, 0.5) is 0 Å². The molecule has 0 aromatic carbocycles. The number of nitrogens with zero attached hydrogens (tertiary/aromatic N) is 1. The lowest BCUT2D eigenvalue weighted by atomic mass is 10.0. The first-order valence-corrected chi connectivity index (χ1v) is 28.6. The summed E-state index contributed by atoms with van der Waals surface area (Å²) in [5.74, 6) is -2.02. The van der Waals surface area contributed by atoms with Gasteiger partial charge in [0.1, 0.15) is 13.2 Å². The number of carbonyl (C=O) groups is 3. The molecule has 0 bridgehead atoms. The molecule has 0 spiro atoms. The van der Waals surface area contributed by atoms with Crippen molar-refractivity contribution in [1.82, 2.24) is 0 Å². The Kier molecular flexibility index (Phi) is 49.6. The van der Waals surface area contributed by atoms with Crippen molar-refractivity contribution in [3.63, 3.8) is 0 Å². The third kappa shape index (κ3) is 52.6. The van der Waals surface area contributed by atoms with Crippen LogP contribution in [-0.2, 0) is 33.3 Å². The lowest BCUT2D eigenvalue weighted by molar-refractivity contribution is -0.870. The number of hydrogen-bond donors (Lipinski definition) is 1. The minimum absolute atomic E-state index is 0.184. The highest BCUT2D eigenvalue weighted by atomic mass is 16.7. The average Bonchev–Trinajstić information content (AvgIpc) is 3.33. The Morgan fingerprint density at radius 1 is 0.443 bits per heavy atom. The Hall–Kier alpha value is -3.27. The van der Waals surface area contributed by atoms with Gasteiger partial charge < -0.3 is 28.5 Å². The first-order chi connectivity index (χ1) is 34.1. The number of quaternary nitrogens is 1. The van der Waals surface area contributed by atoms with Gasteiger partial charge in [0.05, 0.1) is 34.4 Å². The summed E-state index contributed by atoms with van der Waals surface area (Å²) in [7, 11) is 5.96. The summed E-state index contributed by atoms with van der Waals surface area (Å²) in [6.45, 7) is 4.74. The number of ether oxygens (including phenoxy) is 4. The number of unbranched alkanes of at least 4 members (excludes halogenated alkanes) is 25. The minimum Gasteiger partial charge on any atom is -0.477 e. The van der Waals surface area contributed by atoms with Crippen molar-refractivity contribution < 1.29 is 42.9 Å². The molecule has 404 valence electrons. The molecule has 0 amide bonds. The number of aliphatic carboxylic acids is 1. The van der Waals surface area contributed by atoms with E-state index in [0.29, 0.717) is 11.0 Å². The predicted octanol–water partition coefficient (Wildman–Crippen LogP) is 16.6. The van der Waals surface area contributed by atoms with Gasteiger partial charge in [0, 0.05) is 12.8 Å². The fourth-order valence-electron chi connectivity index (χ4n) is 7.80. The van der Waals surface area contributed by atoms with Crippen molar-refractivity contribution in [3.8, 4) is 0 Å². The minimum atomic E-state index is -1.51. The van der Waals surface area contributed by atoms with Crippen molar-refractivity contribution in [2.24, 2.45) is 0 Å². The van der Waals surface area contributed by atoms with Crippen LogP contribution in [0.5, 0.6) is 0 Å². The van der Waals surface area contributed by atoms with Gasteiger partial charge >= 0.3 is 17.9 Å². The molecule has 9 heteroatoms. The second-order valence-corrected chi connectivity index (χ2v) is 20.2. The van der Waals surface area contributed by atoms with Crippen LogP contribution in [0, 0.1) is 0 Å². The molecule has 0 aliphatic rings. The van der Waals surface area contributed by atoms with Crippen LogP contribution in [-0.4, -0.2) is 87.4 Å². The molecule has 0 fully saturated rings. The van der Waals surface area contributed by atoms with E-state index in [1.807, 2.05) is 21.1 Å². The van der Waals surface area contributed by atoms with Crippen molar-refractivity contribution in [1.29, 1.82) is 0 Å². The molecular formula is C61H108NO8+. The van der Waals surface area contributed by atoms with E-state index >= 15 is 0 Å². The number of allylic oxidation sites excluding steroid dienone is 12. The van der Waals surface area contributed by atoms with E-state index in [4.69, 9.17) is 18.9 Å². The zero-order valence-electron chi connectivity index (χ0n) is 45.9. The molecule has 2 atom stereocenters. The number of likely N-dealkylation sites (N-methyl/N-ethyl adjacent to an activating group) is 1. The second kappa shape index (κ2) is 52.1. The largest absolute Gasteiger partial charge is 0.477 e. The SMILES string of the molecule is CC/C=C\C/C=C\C/C=C\C/C=C\CCCCCCCCCCCCCCCCCCC(=O)OC(COC(=O)CCCCCCC/C=C\C/C=C\CCCCCC)COC(OCC[N+](C)(C)C)C(=O)O. The molecule has 70 heavy (non-hydrogen) atoms. The first kappa shape index (κ1) is 66.7. The van der Waals surface area contributed by atoms with Crippen LogP contribution in [0.1, 0.15) is 239 Å². The topological polar surface area (TPSA) is 108 Å². The number of rotatable bonds is 52. The molecule has 0 saturated carbocycles. The fourth-order valence-corrected chi connectivity index (χ4v) is 7.80. The number of carbonyl (C=O) groups excluding carboxylic acids is 2. The summed E-state index contributed by atoms with van der Waals surface area (Å²) in [6.07, 6.45) is 64.1. The quantitative estimate of drug-likeness (QED) is 0.0211. The third-order valence-corrected chi connectivity index (χ3v) is 12.2. The Morgan fingerprint density at radius 2 is 0.814 bits per heavy atom. The molecule has 2 unspecified atom stereocenters. The van der Waals surface area contributed by atoms with Crippen LogP contribution in [0.15, 0.2) is 72.9 Å². The predicted molar refractivity (Wildman–Crippen MR) is 295 cm³/mol. The number of hydrogen-bond acceptors (Lipinski definition) is 7. The monoisotopic (exact) mass is 983 g/mol. The van der Waals surface area contributed by atoms with Crippen molar-refractivity contribution in [2.75, 3.05) is 47.5 Å². The van der Waals surface area contributed by atoms with Crippen molar-refractivity contribution >= 4 is 17.9 Å². The van der Waals surface area contributed by atoms with Gasteiger partial charge in [0.15, 0.2) is 6.10 Å². The Labute approximate surface area is 430 Å². The molecule has 0 saturated heterocycles. The highest BCUT2D eigenvalue weighted by molar-refractivity contribution is 5.71. The summed E-state index contributed by atoms with van der Waals surface area (Å²) in [6, 6.07) is 0. The van der Waals surface area contributed by atoms with Gasteiger partial charge in [-0.3, -0.25) is 9.59 Å². The molecule has 9 nitrogen and oxygen atoms in total. The zero-order chi connectivity index (χ0) is 51.3. The molecular weight excluding hydrogens is 875 g/mol. The smallest absolute Gasteiger partial charge is 0.361 e. The fraction of sp³-hybridized carbons (Fsp3) is 0.754. The summed E-state index contributed by atoms with van der Waals surface area (Å²) < 4.78 is 22.8. The maximum atomic E-state index is 12.9. The Balaban J connectivity index is 4.20. The van der Waals surface area contributed by atoms with Gasteiger partial charge in [0.2, 0.25) is 0 Å². The van der Waals surface area contributed by atoms with Gasteiger partial charge in [-0.1, -0.05) is 215 Å². The van der Waals surface area contributed by atoms with E-state index in [2.05, 4.69) is 86.8 Å². The summed E-state index contributed by atoms with van der Waals surface area (Å²) in [5.41, 5.74) is 0. The van der Waals surface area contributed by atoms with Gasteiger partial charge in [-0.05, 0) is 83.5 Å². The molecule has 0 aromatic rings. The van der Waals surface area contributed by atoms with Gasteiger partial charge in [0.25, 0.3) is 6.29 Å². The summed E-state index contributed by atoms with van der Waals surface area (Å²) in [4.78, 5) is 37.4. The number of carboxylic acid groups (broad SMARTS) is 1. The van der Waals surface area contributed by atoms with Gasteiger partial charge in [-0.2, -0.15) is 0 Å². The van der Waals surface area contributed by atoms with E-state index in [1.54, 1.807) is 0 Å². The van der Waals surface area contributed by atoms with Crippen LogP contribution < -0.4 is 0 Å². The van der Waals surface area contributed by atoms with E-state index in [1.165, 1.54) is 122 Å². The Morgan fingerprint density at radius 3 is 1.21 bits per heavy atom. The lowest BCUT2D eigenvalue weighted by Crippen LogP contribution is -2.40. The molecule has 0 aliphatic heterocycles. The van der Waals surface area contributed by atoms with Crippen LogP contribution in [0.3, 0.4) is 0 Å². The summed E-state index contributed by atoms with van der Waals surface area (Å²) >= 11 is 0. The number of carboxylic acids is 1. The second-order valence-electron chi connectivity index (χ2n) is 20.2. The molecule has 1 N–H and O–H groups in total. The van der Waals surface area contributed by atoms with E-state index in [9.17, 15) is 19.5 Å². The summed E-state index contributed by atoms with van der Waals surface area (Å²) in [5, 5.41) is 9.69.